The molecule has 0 spiro atoms. The second-order valence-corrected chi connectivity index (χ2v) is 4.11. The van der Waals surface area contributed by atoms with Gasteiger partial charge in [-0.05, 0) is 29.8 Å². The van der Waals surface area contributed by atoms with Gasteiger partial charge >= 0.3 is 0 Å². The van der Waals surface area contributed by atoms with E-state index in [0.29, 0.717) is 17.9 Å². The second kappa shape index (κ2) is 6.53. The van der Waals surface area contributed by atoms with Crippen molar-refractivity contribution in [1.82, 2.24) is 10.3 Å². The Morgan fingerprint density at radius 3 is 2.85 bits per heavy atom. The molecule has 0 atom stereocenters. The molecule has 0 fully saturated rings. The molecule has 0 saturated carbocycles. The van der Waals surface area contributed by atoms with Crippen molar-refractivity contribution in [1.29, 1.82) is 0 Å². The number of anilines is 1. The molecular formula is C14H16N4O2. The van der Waals surface area contributed by atoms with Crippen LogP contribution in [0.15, 0.2) is 42.6 Å². The summed E-state index contributed by atoms with van der Waals surface area (Å²) in [6.45, 7) is 0.424. The van der Waals surface area contributed by atoms with Crippen LogP contribution in [0.2, 0.25) is 0 Å². The van der Waals surface area contributed by atoms with Crippen LogP contribution in [0.5, 0.6) is 5.75 Å². The van der Waals surface area contributed by atoms with Crippen LogP contribution in [0.25, 0.3) is 0 Å². The maximum atomic E-state index is 11.9. The van der Waals surface area contributed by atoms with E-state index in [9.17, 15) is 4.79 Å². The number of hydrogen-bond acceptors (Lipinski definition) is 5. The van der Waals surface area contributed by atoms with Crippen molar-refractivity contribution in [2.45, 2.75) is 6.54 Å². The van der Waals surface area contributed by atoms with Gasteiger partial charge in [0, 0.05) is 12.7 Å². The van der Waals surface area contributed by atoms with Gasteiger partial charge in [-0.3, -0.25) is 4.79 Å². The summed E-state index contributed by atoms with van der Waals surface area (Å²) in [6, 6.07) is 10.8. The van der Waals surface area contributed by atoms with Gasteiger partial charge in [-0.15, -0.1) is 0 Å². The lowest BCUT2D eigenvalue weighted by Crippen LogP contribution is -2.23. The summed E-state index contributed by atoms with van der Waals surface area (Å²) in [5.41, 5.74) is 3.85. The van der Waals surface area contributed by atoms with E-state index >= 15 is 0 Å². The summed E-state index contributed by atoms with van der Waals surface area (Å²) in [7, 11) is 1.61. The number of hydrazine groups is 1. The van der Waals surface area contributed by atoms with E-state index in [4.69, 9.17) is 10.6 Å². The van der Waals surface area contributed by atoms with Gasteiger partial charge in [0.25, 0.3) is 5.91 Å². The number of methoxy groups -OCH3 is 1. The van der Waals surface area contributed by atoms with E-state index in [1.165, 1.54) is 6.20 Å². The monoisotopic (exact) mass is 272 g/mol. The van der Waals surface area contributed by atoms with E-state index in [2.05, 4.69) is 15.7 Å². The van der Waals surface area contributed by atoms with Crippen LogP contribution in [0.3, 0.4) is 0 Å². The van der Waals surface area contributed by atoms with Crippen molar-refractivity contribution in [3.63, 3.8) is 0 Å². The third kappa shape index (κ3) is 3.46. The Balaban J connectivity index is 1.97. The average molecular weight is 272 g/mol. The van der Waals surface area contributed by atoms with E-state index in [1.54, 1.807) is 19.2 Å². The maximum absolute atomic E-state index is 11.9. The molecule has 2 aromatic rings. The number of amides is 1. The quantitative estimate of drug-likeness (QED) is 0.564. The zero-order chi connectivity index (χ0) is 14.4. The van der Waals surface area contributed by atoms with Gasteiger partial charge in [-0.25, -0.2) is 10.8 Å². The minimum Gasteiger partial charge on any atom is -0.497 e. The highest BCUT2D eigenvalue weighted by Gasteiger charge is 2.06. The van der Waals surface area contributed by atoms with Crippen molar-refractivity contribution in [2.24, 2.45) is 5.84 Å². The largest absolute Gasteiger partial charge is 0.497 e. The Morgan fingerprint density at radius 1 is 1.35 bits per heavy atom. The van der Waals surface area contributed by atoms with Crippen molar-refractivity contribution in [3.05, 3.63) is 53.7 Å². The Hall–Kier alpha value is -2.60. The molecule has 104 valence electrons. The van der Waals surface area contributed by atoms with E-state index in [0.717, 1.165) is 11.3 Å². The number of aromatic nitrogens is 1. The van der Waals surface area contributed by atoms with Crippen molar-refractivity contribution in [2.75, 3.05) is 12.5 Å². The standard InChI is InChI=1S/C14H16N4O2/c1-20-12-4-2-3-10(7-12)8-17-14(19)11-5-6-13(18-15)16-9-11/h2-7,9H,8,15H2,1H3,(H,16,18)(H,17,19). The number of nitrogens with zero attached hydrogens (tertiary/aromatic N) is 1. The van der Waals surface area contributed by atoms with Crippen molar-refractivity contribution >= 4 is 11.7 Å². The molecular weight excluding hydrogens is 256 g/mol. The second-order valence-electron chi connectivity index (χ2n) is 4.11. The topological polar surface area (TPSA) is 89.3 Å². The molecule has 20 heavy (non-hydrogen) atoms. The molecule has 1 aromatic carbocycles. The lowest BCUT2D eigenvalue weighted by Gasteiger charge is -2.07. The minimum atomic E-state index is -0.191. The predicted molar refractivity (Wildman–Crippen MR) is 76.2 cm³/mol. The first-order chi connectivity index (χ1) is 9.72. The van der Waals surface area contributed by atoms with Gasteiger partial charge in [-0.1, -0.05) is 12.1 Å². The summed E-state index contributed by atoms with van der Waals surface area (Å²) < 4.78 is 5.13. The normalized spacial score (nSPS) is 9.90. The molecule has 0 aliphatic carbocycles. The number of nitrogens with two attached hydrogens (primary N) is 1. The Kier molecular flexibility index (Phi) is 4.52. The number of benzene rings is 1. The van der Waals surface area contributed by atoms with Crippen LogP contribution in [-0.2, 0) is 6.54 Å². The minimum absolute atomic E-state index is 0.191. The van der Waals surface area contributed by atoms with Gasteiger partial charge in [0.2, 0.25) is 0 Å². The molecule has 0 radical (unpaired) electrons. The Morgan fingerprint density at radius 2 is 2.20 bits per heavy atom. The van der Waals surface area contributed by atoms with Gasteiger partial charge in [0.1, 0.15) is 11.6 Å². The third-order valence-corrected chi connectivity index (χ3v) is 2.76. The first-order valence-electron chi connectivity index (χ1n) is 6.06. The van der Waals surface area contributed by atoms with Gasteiger partial charge in [0.15, 0.2) is 0 Å². The van der Waals surface area contributed by atoms with E-state index in [1.807, 2.05) is 24.3 Å². The molecule has 2 rings (SSSR count). The molecule has 4 N–H and O–H groups in total. The molecule has 0 aliphatic heterocycles. The van der Waals surface area contributed by atoms with Gasteiger partial charge in [0.05, 0.1) is 12.7 Å². The third-order valence-electron chi connectivity index (χ3n) is 2.76. The molecule has 0 bridgehead atoms. The lowest BCUT2D eigenvalue weighted by molar-refractivity contribution is 0.0950. The number of nitrogen functional groups attached to an aromatic ring is 1. The fourth-order valence-electron chi connectivity index (χ4n) is 1.68. The average Bonchev–Trinajstić information content (AvgIpc) is 2.53. The number of carbonyl (C=O) groups excluding carboxylic acids is 1. The molecule has 0 unspecified atom stereocenters. The van der Waals surface area contributed by atoms with Crippen LogP contribution in [0.1, 0.15) is 15.9 Å². The maximum Gasteiger partial charge on any atom is 0.253 e. The van der Waals surface area contributed by atoms with E-state index < -0.39 is 0 Å². The lowest BCUT2D eigenvalue weighted by atomic mass is 10.2. The van der Waals surface area contributed by atoms with Crippen LogP contribution in [0.4, 0.5) is 5.82 Å². The first kappa shape index (κ1) is 13.8. The zero-order valence-electron chi connectivity index (χ0n) is 11.1. The Bertz CT molecular complexity index is 584. The smallest absolute Gasteiger partial charge is 0.253 e. The predicted octanol–water partition coefficient (Wildman–Crippen LogP) is 1.31. The number of nitrogens with one attached hydrogen (secondary N) is 2. The number of pyridine rings is 1. The molecule has 1 amide bonds. The fraction of sp³-hybridized carbons (Fsp3) is 0.143. The summed E-state index contributed by atoms with van der Waals surface area (Å²) in [5.74, 6) is 6.29. The van der Waals surface area contributed by atoms with Crippen LogP contribution >= 0.6 is 0 Å². The van der Waals surface area contributed by atoms with Gasteiger partial charge in [-0.2, -0.15) is 0 Å². The summed E-state index contributed by atoms with van der Waals surface area (Å²) in [5, 5.41) is 2.82. The fourth-order valence-corrected chi connectivity index (χ4v) is 1.68. The van der Waals surface area contributed by atoms with Crippen molar-refractivity contribution in [3.8, 4) is 5.75 Å². The zero-order valence-corrected chi connectivity index (χ0v) is 11.1. The highest BCUT2D eigenvalue weighted by atomic mass is 16.5. The first-order valence-corrected chi connectivity index (χ1v) is 6.06. The van der Waals surface area contributed by atoms with E-state index in [-0.39, 0.29) is 5.91 Å². The van der Waals surface area contributed by atoms with Crippen LogP contribution in [-0.4, -0.2) is 18.0 Å². The molecule has 6 nitrogen and oxygen atoms in total. The molecule has 1 aromatic heterocycles. The highest BCUT2D eigenvalue weighted by Crippen LogP contribution is 2.12. The number of carbonyl (C=O) groups is 1. The number of hydrogen-bond donors (Lipinski definition) is 3. The van der Waals surface area contributed by atoms with Crippen LogP contribution < -0.4 is 21.3 Å². The Labute approximate surface area is 116 Å². The SMILES string of the molecule is COc1cccc(CNC(=O)c2ccc(NN)nc2)c1. The van der Waals surface area contributed by atoms with Crippen molar-refractivity contribution < 1.29 is 9.53 Å². The molecule has 1 heterocycles. The van der Waals surface area contributed by atoms with Gasteiger partial charge < -0.3 is 15.5 Å². The molecule has 0 aliphatic rings. The number of rotatable bonds is 5. The summed E-state index contributed by atoms with van der Waals surface area (Å²) in [4.78, 5) is 15.9. The number of ether oxygens (including phenoxy) is 1. The summed E-state index contributed by atoms with van der Waals surface area (Å²) >= 11 is 0. The molecule has 6 heteroatoms. The summed E-state index contributed by atoms with van der Waals surface area (Å²) in [6.07, 6.45) is 1.47. The van der Waals surface area contributed by atoms with Crippen LogP contribution in [0, 0.1) is 0 Å². The molecule has 0 saturated heterocycles. The highest BCUT2D eigenvalue weighted by molar-refractivity contribution is 5.93.